The average Bonchev–Trinajstić information content (AvgIpc) is 2.65. The molecule has 1 aliphatic rings. The smallest absolute Gasteiger partial charge is 0.205 e. The number of nitriles is 1. The molecule has 0 amide bonds. The van der Waals surface area contributed by atoms with Crippen LogP contribution in [0.2, 0.25) is 0 Å². The first-order valence-corrected chi connectivity index (χ1v) is 6.35. The predicted octanol–water partition coefficient (Wildman–Crippen LogP) is 1.60. The summed E-state index contributed by atoms with van der Waals surface area (Å²) < 4.78 is 0. The van der Waals surface area contributed by atoms with Gasteiger partial charge in [-0.25, -0.2) is 0 Å². The maximum absolute atomic E-state index is 11.8. The van der Waals surface area contributed by atoms with Crippen LogP contribution < -0.4 is 5.73 Å². The van der Waals surface area contributed by atoms with Gasteiger partial charge in [-0.05, 0) is 6.08 Å². The summed E-state index contributed by atoms with van der Waals surface area (Å²) in [5, 5.41) is 8.63. The van der Waals surface area contributed by atoms with Gasteiger partial charge in [-0.3, -0.25) is 4.79 Å². The Balaban J connectivity index is 0.00000110. The molecule has 0 aromatic rings. The minimum Gasteiger partial charge on any atom is -0.383 e. The Labute approximate surface area is 125 Å². The SMILES string of the molecule is C=CCC1N(C)C(N)=C(C(=O)C=C)N1CC=C.N#CS. The van der Waals surface area contributed by atoms with E-state index in [2.05, 4.69) is 32.4 Å². The largest absolute Gasteiger partial charge is 0.383 e. The van der Waals surface area contributed by atoms with E-state index in [-0.39, 0.29) is 11.9 Å². The first-order valence-electron chi connectivity index (χ1n) is 5.91. The Morgan fingerprint density at radius 2 is 2.05 bits per heavy atom. The fraction of sp³-hybridized carbons (Fsp3) is 0.286. The molecule has 1 atom stereocenters. The number of carbonyl (C=O) groups excluding carboxylic acids is 1. The molecule has 0 aromatic carbocycles. The lowest BCUT2D eigenvalue weighted by atomic mass is 10.2. The third-order valence-electron chi connectivity index (χ3n) is 2.84. The highest BCUT2D eigenvalue weighted by Gasteiger charge is 2.35. The normalized spacial score (nSPS) is 16.9. The number of hydrogen-bond donors (Lipinski definition) is 2. The molecule has 0 aliphatic carbocycles. The lowest BCUT2D eigenvalue weighted by Gasteiger charge is -2.30. The van der Waals surface area contributed by atoms with Crippen molar-refractivity contribution in [2.75, 3.05) is 13.6 Å². The number of hydrogen-bond acceptors (Lipinski definition) is 6. The third kappa shape index (κ3) is 3.93. The van der Waals surface area contributed by atoms with Gasteiger partial charge in [-0.2, -0.15) is 5.26 Å². The summed E-state index contributed by atoms with van der Waals surface area (Å²) >= 11 is 3.09. The molecule has 0 fully saturated rings. The molecule has 2 N–H and O–H groups in total. The molecular formula is C14H20N4OS. The summed E-state index contributed by atoms with van der Waals surface area (Å²) in [6, 6.07) is 0. The van der Waals surface area contributed by atoms with Crippen molar-refractivity contribution in [1.29, 1.82) is 5.26 Å². The Kier molecular flexibility index (Phi) is 7.94. The molecule has 0 aromatic heterocycles. The zero-order chi connectivity index (χ0) is 15.7. The molecule has 6 heteroatoms. The Bertz CT molecular complexity index is 464. The third-order valence-corrected chi connectivity index (χ3v) is 2.84. The number of thiocyanates is 1. The van der Waals surface area contributed by atoms with Crippen LogP contribution in [0.25, 0.3) is 0 Å². The van der Waals surface area contributed by atoms with Crippen molar-refractivity contribution >= 4 is 18.4 Å². The fourth-order valence-electron chi connectivity index (χ4n) is 1.98. The van der Waals surface area contributed by atoms with E-state index < -0.39 is 0 Å². The van der Waals surface area contributed by atoms with Crippen LogP contribution >= 0.6 is 12.6 Å². The van der Waals surface area contributed by atoms with Gasteiger partial charge in [0.25, 0.3) is 0 Å². The van der Waals surface area contributed by atoms with Crippen molar-refractivity contribution in [2.45, 2.75) is 12.6 Å². The number of nitrogens with zero attached hydrogens (tertiary/aromatic N) is 3. The van der Waals surface area contributed by atoms with Crippen molar-refractivity contribution in [3.05, 3.63) is 49.5 Å². The van der Waals surface area contributed by atoms with Crippen LogP contribution in [0, 0.1) is 10.7 Å². The van der Waals surface area contributed by atoms with E-state index in [1.165, 1.54) is 11.5 Å². The summed E-state index contributed by atoms with van der Waals surface area (Å²) in [6.07, 6.45) is 5.58. The molecule has 1 unspecified atom stereocenters. The summed E-state index contributed by atoms with van der Waals surface area (Å²) in [5.41, 5.74) is 6.46. The van der Waals surface area contributed by atoms with E-state index in [0.29, 0.717) is 18.1 Å². The van der Waals surface area contributed by atoms with Gasteiger partial charge in [0.2, 0.25) is 5.78 Å². The van der Waals surface area contributed by atoms with Crippen LogP contribution in [-0.2, 0) is 4.79 Å². The Morgan fingerprint density at radius 3 is 2.45 bits per heavy atom. The Hall–Kier alpha value is -2.13. The predicted molar refractivity (Wildman–Crippen MR) is 84.3 cm³/mol. The van der Waals surface area contributed by atoms with Crippen molar-refractivity contribution < 1.29 is 4.79 Å². The zero-order valence-electron chi connectivity index (χ0n) is 11.6. The molecule has 108 valence electrons. The van der Waals surface area contributed by atoms with Crippen molar-refractivity contribution in [1.82, 2.24) is 9.80 Å². The maximum Gasteiger partial charge on any atom is 0.205 e. The molecule has 1 aliphatic heterocycles. The molecule has 0 saturated heterocycles. The molecule has 1 rings (SSSR count). The van der Waals surface area contributed by atoms with Crippen LogP contribution in [0.15, 0.2) is 49.5 Å². The highest BCUT2D eigenvalue weighted by atomic mass is 32.1. The summed E-state index contributed by atoms with van der Waals surface area (Å²) in [6.45, 7) is 11.5. The topological polar surface area (TPSA) is 73.4 Å². The number of carbonyl (C=O) groups is 1. The number of ketones is 1. The van der Waals surface area contributed by atoms with Gasteiger partial charge in [0, 0.05) is 20.0 Å². The van der Waals surface area contributed by atoms with Crippen molar-refractivity contribution in [3.8, 4) is 5.40 Å². The first kappa shape index (κ1) is 17.9. The van der Waals surface area contributed by atoms with Gasteiger partial charge in [-0.15, -0.1) is 13.2 Å². The summed E-state index contributed by atoms with van der Waals surface area (Å²) in [4.78, 5) is 15.6. The van der Waals surface area contributed by atoms with Gasteiger partial charge in [-0.1, -0.05) is 31.4 Å². The van der Waals surface area contributed by atoms with E-state index in [9.17, 15) is 4.79 Å². The van der Waals surface area contributed by atoms with E-state index in [1.54, 1.807) is 6.08 Å². The lowest BCUT2D eigenvalue weighted by molar-refractivity contribution is -0.112. The minimum atomic E-state index is -0.164. The minimum absolute atomic E-state index is 0.0180. The van der Waals surface area contributed by atoms with Gasteiger partial charge in [0.05, 0.1) is 0 Å². The van der Waals surface area contributed by atoms with E-state index >= 15 is 0 Å². The van der Waals surface area contributed by atoms with Gasteiger partial charge in [0.1, 0.15) is 23.1 Å². The molecule has 0 bridgehead atoms. The lowest BCUT2D eigenvalue weighted by Crippen LogP contribution is -2.39. The summed E-state index contributed by atoms with van der Waals surface area (Å²) in [5.74, 6) is 0.311. The monoisotopic (exact) mass is 292 g/mol. The molecule has 20 heavy (non-hydrogen) atoms. The van der Waals surface area contributed by atoms with Gasteiger partial charge in [0.15, 0.2) is 0 Å². The molecular weight excluding hydrogens is 272 g/mol. The quantitative estimate of drug-likeness (QED) is 0.337. The number of nitrogens with two attached hydrogens (primary N) is 1. The van der Waals surface area contributed by atoms with Crippen LogP contribution in [0.5, 0.6) is 0 Å². The van der Waals surface area contributed by atoms with Gasteiger partial charge < -0.3 is 15.5 Å². The zero-order valence-corrected chi connectivity index (χ0v) is 12.5. The second kappa shape index (κ2) is 8.88. The van der Waals surface area contributed by atoms with Crippen molar-refractivity contribution in [3.63, 3.8) is 0 Å². The number of thiol groups is 1. The van der Waals surface area contributed by atoms with E-state index in [1.807, 2.05) is 22.9 Å². The van der Waals surface area contributed by atoms with Crippen LogP contribution in [0.3, 0.4) is 0 Å². The van der Waals surface area contributed by atoms with E-state index in [4.69, 9.17) is 11.0 Å². The van der Waals surface area contributed by atoms with Crippen molar-refractivity contribution in [2.24, 2.45) is 5.73 Å². The second-order valence-electron chi connectivity index (χ2n) is 3.96. The molecule has 1 heterocycles. The standard InChI is InChI=1S/C13H19N3O.CHNS/c1-5-8-11-15(4)13(14)12(10(17)7-3)16(11)9-6-2;2-1-3/h5-7,11H,1-3,8-9,14H2,4H3;3H. The summed E-state index contributed by atoms with van der Waals surface area (Å²) in [7, 11) is 1.86. The molecule has 0 spiro atoms. The molecule has 0 radical (unpaired) electrons. The maximum atomic E-state index is 11.8. The molecule has 5 nitrogen and oxygen atoms in total. The second-order valence-corrected chi connectivity index (χ2v) is 4.16. The number of rotatable bonds is 6. The Morgan fingerprint density at radius 1 is 1.50 bits per heavy atom. The number of allylic oxidation sites excluding steroid dienone is 1. The first-order chi connectivity index (χ1) is 9.49. The van der Waals surface area contributed by atoms with E-state index in [0.717, 1.165) is 6.42 Å². The van der Waals surface area contributed by atoms with Crippen LogP contribution in [-0.4, -0.2) is 35.3 Å². The average molecular weight is 292 g/mol. The van der Waals surface area contributed by atoms with Crippen LogP contribution in [0.1, 0.15) is 6.42 Å². The molecule has 0 saturated carbocycles. The van der Waals surface area contributed by atoms with Crippen LogP contribution in [0.4, 0.5) is 0 Å². The highest BCUT2D eigenvalue weighted by molar-refractivity contribution is 7.85. The fourth-order valence-corrected chi connectivity index (χ4v) is 1.98. The highest BCUT2D eigenvalue weighted by Crippen LogP contribution is 2.28. The van der Waals surface area contributed by atoms with Gasteiger partial charge >= 0.3 is 0 Å².